The summed E-state index contributed by atoms with van der Waals surface area (Å²) in [4.78, 5) is 25.2. The van der Waals surface area contributed by atoms with Crippen LogP contribution in [-0.4, -0.2) is 24.3 Å². The van der Waals surface area contributed by atoms with Gasteiger partial charge in [-0.2, -0.15) is 0 Å². The molecular weight excluding hydrogens is 254 g/mol. The van der Waals surface area contributed by atoms with Crippen LogP contribution in [0.1, 0.15) is 22.3 Å². The van der Waals surface area contributed by atoms with Gasteiger partial charge < -0.3 is 9.64 Å². The van der Waals surface area contributed by atoms with Crippen molar-refractivity contribution in [3.05, 3.63) is 29.3 Å². The summed E-state index contributed by atoms with van der Waals surface area (Å²) >= 11 is 5.81. The van der Waals surface area contributed by atoms with Crippen molar-refractivity contribution in [2.24, 2.45) is 5.92 Å². The second kappa shape index (κ2) is 4.28. The Kier molecular flexibility index (Phi) is 2.74. The van der Waals surface area contributed by atoms with Gasteiger partial charge in [0.15, 0.2) is 0 Å². The summed E-state index contributed by atoms with van der Waals surface area (Å²) in [7, 11) is 0. The molecule has 18 heavy (non-hydrogen) atoms. The van der Waals surface area contributed by atoms with E-state index in [-0.39, 0.29) is 24.4 Å². The van der Waals surface area contributed by atoms with Crippen LogP contribution >= 0.6 is 11.6 Å². The van der Waals surface area contributed by atoms with E-state index in [1.54, 1.807) is 17.0 Å². The van der Waals surface area contributed by atoms with Gasteiger partial charge in [0.2, 0.25) is 5.91 Å². The Morgan fingerprint density at radius 2 is 2.22 bits per heavy atom. The number of hydrogen-bond donors (Lipinski definition) is 0. The van der Waals surface area contributed by atoms with Crippen molar-refractivity contribution in [2.75, 3.05) is 17.3 Å². The Labute approximate surface area is 109 Å². The molecule has 0 radical (unpaired) electrons. The Hall–Kier alpha value is -1.55. The normalized spacial score (nSPS) is 22.3. The van der Waals surface area contributed by atoms with Gasteiger partial charge in [0.05, 0.1) is 11.3 Å². The second-order valence-electron chi connectivity index (χ2n) is 4.61. The molecule has 1 atom stereocenters. The lowest BCUT2D eigenvalue weighted by atomic mass is 10.1. The summed E-state index contributed by atoms with van der Waals surface area (Å²) in [6.45, 7) is 0.868. The number of fused-ring (bicyclic) bond motifs is 1. The maximum atomic E-state index is 12.0. The fraction of sp³-hybridized carbons (Fsp3) is 0.385. The molecule has 1 fully saturated rings. The molecule has 5 heteroatoms. The van der Waals surface area contributed by atoms with E-state index in [2.05, 4.69) is 0 Å². The molecule has 1 aromatic carbocycles. The van der Waals surface area contributed by atoms with Crippen LogP contribution < -0.4 is 4.90 Å². The molecule has 0 N–H and O–H groups in total. The van der Waals surface area contributed by atoms with Crippen LogP contribution in [0.25, 0.3) is 0 Å². The lowest BCUT2D eigenvalue weighted by Crippen LogP contribution is -2.25. The van der Waals surface area contributed by atoms with Crippen LogP contribution in [0.4, 0.5) is 5.69 Å². The monoisotopic (exact) mass is 265 g/mol. The Morgan fingerprint density at radius 3 is 2.94 bits per heavy atom. The first-order valence-electron chi connectivity index (χ1n) is 5.86. The number of ether oxygens (including phenoxy) is 1. The first kappa shape index (κ1) is 11.5. The number of anilines is 1. The van der Waals surface area contributed by atoms with E-state index in [1.165, 1.54) is 0 Å². The lowest BCUT2D eigenvalue weighted by molar-refractivity contribution is -0.117. The average molecular weight is 266 g/mol. The zero-order valence-electron chi connectivity index (χ0n) is 9.69. The van der Waals surface area contributed by atoms with Gasteiger partial charge >= 0.3 is 5.97 Å². The Morgan fingerprint density at radius 1 is 1.39 bits per heavy atom. The standard InChI is InChI=1S/C13H12ClNO3/c14-5-8-4-12(16)15(6-8)11-3-1-2-9-10(11)7-18-13(9)17/h1-3,8H,4-7H2. The molecule has 94 valence electrons. The van der Waals surface area contributed by atoms with E-state index in [9.17, 15) is 9.59 Å². The maximum absolute atomic E-state index is 12.0. The summed E-state index contributed by atoms with van der Waals surface area (Å²) < 4.78 is 5.01. The maximum Gasteiger partial charge on any atom is 0.338 e. The first-order valence-corrected chi connectivity index (χ1v) is 6.39. The van der Waals surface area contributed by atoms with E-state index in [1.807, 2.05) is 6.07 Å². The predicted octanol–water partition coefficient (Wildman–Crippen LogP) is 1.95. The van der Waals surface area contributed by atoms with Gasteiger partial charge in [-0.25, -0.2) is 4.79 Å². The summed E-state index contributed by atoms with van der Waals surface area (Å²) in [6, 6.07) is 5.37. The summed E-state index contributed by atoms with van der Waals surface area (Å²) in [5.74, 6) is 0.418. The zero-order chi connectivity index (χ0) is 12.7. The minimum atomic E-state index is -0.313. The van der Waals surface area contributed by atoms with Crippen LogP contribution in [0.5, 0.6) is 0 Å². The van der Waals surface area contributed by atoms with Gasteiger partial charge in [0, 0.05) is 24.4 Å². The average Bonchev–Trinajstić information content (AvgIpc) is 2.93. The van der Waals surface area contributed by atoms with E-state index < -0.39 is 0 Å². The fourth-order valence-corrected chi connectivity index (χ4v) is 2.71. The van der Waals surface area contributed by atoms with E-state index in [0.717, 1.165) is 11.3 Å². The van der Waals surface area contributed by atoms with Crippen molar-refractivity contribution in [1.82, 2.24) is 0 Å². The molecule has 0 bridgehead atoms. The molecular formula is C13H12ClNO3. The Balaban J connectivity index is 1.99. The zero-order valence-corrected chi connectivity index (χ0v) is 10.4. The number of amides is 1. The third kappa shape index (κ3) is 1.68. The molecule has 0 saturated carbocycles. The number of cyclic esters (lactones) is 1. The van der Waals surface area contributed by atoms with Crippen molar-refractivity contribution >= 4 is 29.2 Å². The highest BCUT2D eigenvalue weighted by Gasteiger charge is 2.34. The molecule has 1 saturated heterocycles. The first-order chi connectivity index (χ1) is 8.70. The molecule has 0 spiro atoms. The number of benzene rings is 1. The molecule has 4 nitrogen and oxygen atoms in total. The molecule has 2 aliphatic rings. The highest BCUT2D eigenvalue weighted by molar-refractivity contribution is 6.18. The molecule has 1 unspecified atom stereocenters. The molecule has 1 aromatic rings. The van der Waals surface area contributed by atoms with Crippen LogP contribution in [0.3, 0.4) is 0 Å². The number of alkyl halides is 1. The van der Waals surface area contributed by atoms with E-state index >= 15 is 0 Å². The van der Waals surface area contributed by atoms with Crippen LogP contribution in [-0.2, 0) is 16.1 Å². The number of rotatable bonds is 2. The van der Waals surface area contributed by atoms with Crippen molar-refractivity contribution in [1.29, 1.82) is 0 Å². The van der Waals surface area contributed by atoms with Gasteiger partial charge in [-0.15, -0.1) is 11.6 Å². The van der Waals surface area contributed by atoms with Crippen LogP contribution in [0, 0.1) is 5.92 Å². The molecule has 2 aliphatic heterocycles. The number of esters is 1. The molecule has 2 heterocycles. The van der Waals surface area contributed by atoms with Crippen LogP contribution in [0.15, 0.2) is 18.2 Å². The topological polar surface area (TPSA) is 46.6 Å². The van der Waals surface area contributed by atoms with Crippen molar-refractivity contribution in [3.8, 4) is 0 Å². The molecule has 0 aromatic heterocycles. The largest absolute Gasteiger partial charge is 0.457 e. The number of halogens is 1. The van der Waals surface area contributed by atoms with Crippen molar-refractivity contribution in [3.63, 3.8) is 0 Å². The predicted molar refractivity (Wildman–Crippen MR) is 66.7 cm³/mol. The third-order valence-electron chi connectivity index (χ3n) is 3.43. The summed E-state index contributed by atoms with van der Waals surface area (Å²) in [5, 5.41) is 0. The number of hydrogen-bond acceptors (Lipinski definition) is 3. The van der Waals surface area contributed by atoms with Crippen LogP contribution in [0.2, 0.25) is 0 Å². The number of nitrogens with zero attached hydrogens (tertiary/aromatic N) is 1. The summed E-state index contributed by atoms with van der Waals surface area (Å²) in [6.07, 6.45) is 0.474. The van der Waals surface area contributed by atoms with E-state index in [0.29, 0.717) is 24.4 Å². The SMILES string of the molecule is O=C1OCc2c1cccc2N1CC(CCl)CC1=O. The fourth-order valence-electron chi connectivity index (χ4n) is 2.50. The minimum absolute atomic E-state index is 0.0633. The number of carbonyl (C=O) groups excluding carboxylic acids is 2. The molecule has 0 aliphatic carbocycles. The van der Waals surface area contributed by atoms with Gasteiger partial charge in [-0.1, -0.05) is 6.07 Å². The highest BCUT2D eigenvalue weighted by atomic mass is 35.5. The Bertz CT molecular complexity index is 529. The van der Waals surface area contributed by atoms with Gasteiger partial charge in [-0.05, 0) is 18.1 Å². The smallest absolute Gasteiger partial charge is 0.338 e. The van der Waals surface area contributed by atoms with Gasteiger partial charge in [-0.3, -0.25) is 4.79 Å². The van der Waals surface area contributed by atoms with Gasteiger partial charge in [0.25, 0.3) is 0 Å². The molecule has 1 amide bonds. The van der Waals surface area contributed by atoms with Gasteiger partial charge in [0.1, 0.15) is 6.61 Å². The van der Waals surface area contributed by atoms with Crippen molar-refractivity contribution < 1.29 is 14.3 Å². The molecule has 3 rings (SSSR count). The quantitative estimate of drug-likeness (QED) is 0.607. The lowest BCUT2D eigenvalue weighted by Gasteiger charge is -2.18. The summed E-state index contributed by atoms with van der Waals surface area (Å²) in [5.41, 5.74) is 2.16. The third-order valence-corrected chi connectivity index (χ3v) is 3.87. The second-order valence-corrected chi connectivity index (χ2v) is 4.92. The number of carbonyl (C=O) groups is 2. The van der Waals surface area contributed by atoms with E-state index in [4.69, 9.17) is 16.3 Å². The highest BCUT2D eigenvalue weighted by Crippen LogP contribution is 2.33. The van der Waals surface area contributed by atoms with Crippen molar-refractivity contribution in [2.45, 2.75) is 13.0 Å². The minimum Gasteiger partial charge on any atom is -0.457 e.